The molecule has 2 aliphatic rings. The minimum absolute atomic E-state index is 0.890. The number of benzene rings is 12. The van der Waals surface area contributed by atoms with Crippen LogP contribution in [-0.4, -0.2) is 26.3 Å². The van der Waals surface area contributed by atoms with E-state index in [0.717, 1.165) is 12.8 Å². The average Bonchev–Trinajstić information content (AvgIpc) is 4.10. The van der Waals surface area contributed by atoms with Gasteiger partial charge in [-0.1, -0.05) is 193 Å². The molecule has 4 nitrogen and oxygen atoms in total. The Morgan fingerprint density at radius 1 is 0.247 bits per heavy atom. The van der Waals surface area contributed by atoms with Gasteiger partial charge in [0.05, 0.1) is 44.1 Å². The highest BCUT2D eigenvalue weighted by Crippen LogP contribution is 2.48. The van der Waals surface area contributed by atoms with Crippen molar-refractivity contribution >= 4 is 106 Å². The second-order valence-corrected chi connectivity index (χ2v) is 27.4. The third-order valence-corrected chi connectivity index (χ3v) is 22.4. The van der Waals surface area contributed by atoms with Crippen molar-refractivity contribution < 1.29 is 0 Å². The number of aromatic nitrogens is 4. The largest absolute Gasteiger partial charge is 0.309 e. The normalized spacial score (nSPS) is 13.0. The molecule has 0 spiro atoms. The number of fused-ring (bicyclic) bond motifs is 20. The molecular formula is C76H52N4Si. The maximum absolute atomic E-state index is 2.61. The molecule has 0 fully saturated rings. The van der Waals surface area contributed by atoms with Crippen LogP contribution < -0.4 is 10.4 Å². The SMILES string of the molecule is C[Si](C)(c1cccc2c1Cc1c-2ccc2c3cc(-n4c5ccccc5c5ccccc54)ccc3n(-c3ccccc3)c12)c1cccc2c1Cc1c-2ccc2c3cc(-n4c5ccccc5c5ccccc54)ccc3n(-c3ccccc3)c12. The van der Waals surface area contributed by atoms with Crippen molar-refractivity contribution in [2.75, 3.05) is 0 Å². The summed E-state index contributed by atoms with van der Waals surface area (Å²) in [7, 11) is -2.39. The van der Waals surface area contributed by atoms with Gasteiger partial charge >= 0.3 is 0 Å². The molecule has 0 aliphatic heterocycles. The van der Waals surface area contributed by atoms with E-state index in [1.807, 2.05) is 0 Å². The molecular weight excluding hydrogens is 997 g/mol. The zero-order valence-corrected chi connectivity index (χ0v) is 46.0. The Kier molecular flexibility index (Phi) is 9.19. The minimum atomic E-state index is -2.39. The molecule has 2 aliphatic carbocycles. The topological polar surface area (TPSA) is 19.7 Å². The first-order chi connectivity index (χ1) is 40.0. The number of hydrogen-bond donors (Lipinski definition) is 0. The summed E-state index contributed by atoms with van der Waals surface area (Å²) in [5.41, 5.74) is 26.0. The van der Waals surface area contributed by atoms with Crippen LogP contribution in [0.5, 0.6) is 0 Å². The van der Waals surface area contributed by atoms with Gasteiger partial charge in [-0.15, -0.1) is 0 Å². The first-order valence-electron chi connectivity index (χ1n) is 28.5. The van der Waals surface area contributed by atoms with Gasteiger partial charge in [-0.2, -0.15) is 0 Å². The lowest BCUT2D eigenvalue weighted by Gasteiger charge is -2.29. The van der Waals surface area contributed by atoms with E-state index < -0.39 is 8.07 Å². The van der Waals surface area contributed by atoms with Gasteiger partial charge in [-0.25, -0.2) is 0 Å². The fourth-order valence-corrected chi connectivity index (χ4v) is 18.6. The van der Waals surface area contributed by atoms with Gasteiger partial charge in [-0.3, -0.25) is 0 Å². The summed E-state index contributed by atoms with van der Waals surface area (Å²) in [5.74, 6) is 0. The van der Waals surface area contributed by atoms with Gasteiger partial charge in [0.2, 0.25) is 0 Å². The summed E-state index contributed by atoms with van der Waals surface area (Å²) in [6.45, 7) is 5.23. The highest BCUT2D eigenvalue weighted by Gasteiger charge is 2.38. The number of rotatable bonds is 6. The molecule has 16 aromatic rings. The first kappa shape index (κ1) is 45.0. The van der Waals surface area contributed by atoms with Crippen LogP contribution in [0.4, 0.5) is 0 Å². The first-order valence-corrected chi connectivity index (χ1v) is 31.5. The molecule has 0 saturated carbocycles. The lowest BCUT2D eigenvalue weighted by molar-refractivity contribution is 1.15. The Morgan fingerprint density at radius 3 is 0.988 bits per heavy atom. The predicted molar refractivity (Wildman–Crippen MR) is 343 cm³/mol. The van der Waals surface area contributed by atoms with Gasteiger partial charge in [-0.05, 0) is 129 Å². The summed E-state index contributed by atoms with van der Waals surface area (Å²) in [4.78, 5) is 0. The molecule has 18 rings (SSSR count). The van der Waals surface area contributed by atoms with Crippen molar-refractivity contribution in [1.29, 1.82) is 0 Å². The Balaban J connectivity index is 0.777. The Hall–Kier alpha value is -9.94. The molecule has 0 atom stereocenters. The second kappa shape index (κ2) is 16.6. The minimum Gasteiger partial charge on any atom is -0.309 e. The smallest absolute Gasteiger partial charge is 0.113 e. The van der Waals surface area contributed by atoms with E-state index in [9.17, 15) is 0 Å². The van der Waals surface area contributed by atoms with E-state index >= 15 is 0 Å². The Labute approximate surface area is 469 Å². The molecule has 5 heteroatoms. The quantitative estimate of drug-likeness (QED) is 0.148. The van der Waals surface area contributed by atoms with Crippen molar-refractivity contribution in [2.24, 2.45) is 0 Å². The molecule has 380 valence electrons. The van der Waals surface area contributed by atoms with E-state index in [2.05, 4.69) is 286 Å². The molecule has 0 saturated heterocycles. The van der Waals surface area contributed by atoms with Gasteiger partial charge in [0.1, 0.15) is 8.07 Å². The highest BCUT2D eigenvalue weighted by atomic mass is 28.3. The van der Waals surface area contributed by atoms with E-state index in [4.69, 9.17) is 0 Å². The van der Waals surface area contributed by atoms with Crippen molar-refractivity contribution in [1.82, 2.24) is 18.3 Å². The molecule has 0 amide bonds. The lowest BCUT2D eigenvalue weighted by Crippen LogP contribution is -2.55. The van der Waals surface area contributed by atoms with Gasteiger partial charge in [0, 0.05) is 78.7 Å². The average molecular weight is 1050 g/mol. The molecule has 0 N–H and O–H groups in total. The summed E-state index contributed by atoms with van der Waals surface area (Å²) < 4.78 is 10.0. The van der Waals surface area contributed by atoms with Crippen molar-refractivity contribution in [3.8, 4) is 45.0 Å². The lowest BCUT2D eigenvalue weighted by atomic mass is 10.0. The molecule has 81 heavy (non-hydrogen) atoms. The van der Waals surface area contributed by atoms with E-state index in [1.165, 1.54) is 165 Å². The van der Waals surface area contributed by atoms with Crippen LogP contribution in [0.15, 0.2) is 255 Å². The monoisotopic (exact) mass is 1050 g/mol. The van der Waals surface area contributed by atoms with Gasteiger partial charge < -0.3 is 18.3 Å². The van der Waals surface area contributed by atoms with E-state index in [1.54, 1.807) is 0 Å². The van der Waals surface area contributed by atoms with Crippen LogP contribution in [0.1, 0.15) is 22.3 Å². The van der Waals surface area contributed by atoms with Gasteiger partial charge in [0.25, 0.3) is 0 Å². The van der Waals surface area contributed by atoms with Crippen molar-refractivity contribution in [3.63, 3.8) is 0 Å². The molecule has 0 radical (unpaired) electrons. The highest BCUT2D eigenvalue weighted by molar-refractivity contribution is 7.01. The van der Waals surface area contributed by atoms with Crippen molar-refractivity contribution in [2.45, 2.75) is 25.9 Å². The van der Waals surface area contributed by atoms with Gasteiger partial charge in [0.15, 0.2) is 0 Å². The molecule has 4 heterocycles. The fraction of sp³-hybridized carbons (Fsp3) is 0.0526. The van der Waals surface area contributed by atoms with Crippen LogP contribution in [0.2, 0.25) is 13.1 Å². The third kappa shape index (κ3) is 6.13. The molecule has 0 unspecified atom stereocenters. The summed E-state index contributed by atoms with van der Waals surface area (Å²) in [6.07, 6.45) is 1.78. The summed E-state index contributed by atoms with van der Waals surface area (Å²) in [6, 6.07) is 95.8. The Bertz CT molecular complexity index is 4940. The fourth-order valence-electron chi connectivity index (χ4n) is 15.3. The van der Waals surface area contributed by atoms with Crippen LogP contribution in [0.25, 0.3) is 132 Å². The maximum Gasteiger partial charge on any atom is 0.113 e. The van der Waals surface area contributed by atoms with Crippen molar-refractivity contribution in [3.05, 3.63) is 277 Å². The van der Waals surface area contributed by atoms with Crippen LogP contribution in [0.3, 0.4) is 0 Å². The zero-order chi connectivity index (χ0) is 53.2. The number of hydrogen-bond acceptors (Lipinski definition) is 0. The number of para-hydroxylation sites is 6. The standard InChI is InChI=1S/C76H52N4Si/c1-81(2,73-33-17-27-51-53-37-39-59-61-43-49(77-67-29-13-9-23-55(67)56-24-10-14-30-68(56)77)35-41-71(61)79(47-19-5-3-6-20-47)75(59)65(53)45-63(51)73)74-34-18-28-52-54-38-40-60-62-44-50(78-69-31-15-11-25-57(69)58-26-12-16-32-70(58)78)36-42-72(62)80(48-21-7-4-8-22-48)76(60)66(54)46-64(52)74/h3-44H,45-46H2,1-2H3. The summed E-state index contributed by atoms with van der Waals surface area (Å²) >= 11 is 0. The second-order valence-electron chi connectivity index (χ2n) is 23.1. The number of nitrogens with zero attached hydrogens (tertiary/aromatic N) is 4. The third-order valence-electron chi connectivity index (χ3n) is 18.7. The van der Waals surface area contributed by atoms with E-state index in [-0.39, 0.29) is 0 Å². The molecule has 4 aromatic heterocycles. The summed E-state index contributed by atoms with van der Waals surface area (Å²) in [5, 5.41) is 13.3. The van der Waals surface area contributed by atoms with Crippen LogP contribution in [0, 0.1) is 0 Å². The van der Waals surface area contributed by atoms with E-state index in [0.29, 0.717) is 0 Å². The van der Waals surface area contributed by atoms with Crippen LogP contribution in [-0.2, 0) is 12.8 Å². The Morgan fingerprint density at radius 2 is 0.593 bits per heavy atom. The van der Waals surface area contributed by atoms with Crippen LogP contribution >= 0.6 is 0 Å². The predicted octanol–water partition coefficient (Wildman–Crippen LogP) is 18.0. The zero-order valence-electron chi connectivity index (χ0n) is 45.0. The maximum atomic E-state index is 2.61. The molecule has 12 aromatic carbocycles. The molecule has 0 bridgehead atoms.